The smallest absolute Gasteiger partial charge is 0.663 e. The zero-order valence-electron chi connectivity index (χ0n) is 9.74. The molecule has 0 aliphatic rings. The molecule has 0 atom stereocenters. The van der Waals surface area contributed by atoms with Crippen molar-refractivity contribution < 1.29 is 21.2 Å². The molecule has 0 fully saturated rings. The van der Waals surface area contributed by atoms with Crippen molar-refractivity contribution in [2.45, 2.75) is 0 Å². The third-order valence-corrected chi connectivity index (χ3v) is 2.00. The van der Waals surface area contributed by atoms with Gasteiger partial charge in [0, 0.05) is 6.21 Å². The largest absolute Gasteiger partial charge is 2.00 e. The summed E-state index contributed by atoms with van der Waals surface area (Å²) in [6.45, 7) is 0. The minimum atomic E-state index is 0. The maximum Gasteiger partial charge on any atom is 2.00 e. The fourth-order valence-electron chi connectivity index (χ4n) is 1.26. The predicted octanol–water partition coefficient (Wildman–Crippen LogP) is 2.85. The molecule has 0 unspecified atom stereocenters. The van der Waals surface area contributed by atoms with Crippen LogP contribution in [0.4, 0.5) is 5.69 Å². The molecule has 17 heavy (non-hydrogen) atoms. The first-order valence-corrected chi connectivity index (χ1v) is 4.65. The van der Waals surface area contributed by atoms with E-state index in [9.17, 15) is 0 Å². The standard InChI is InChI=1S/C12H11N2O.CH3.Ni/c1-15-12-7-3-2-6-11(12)14-9-10-5-4-8-13-10;;/h2-9H,1H3;1H3;/q2*-1;+2. The van der Waals surface area contributed by atoms with E-state index in [4.69, 9.17) is 4.74 Å². The molecular formula is C13H14N2NiO. The molecule has 1 heterocycles. The van der Waals surface area contributed by atoms with Crippen molar-refractivity contribution in [2.75, 3.05) is 7.11 Å². The molecule has 0 aliphatic carbocycles. The second kappa shape index (κ2) is 7.69. The van der Waals surface area contributed by atoms with Gasteiger partial charge in [-0.2, -0.15) is 6.20 Å². The molecule has 1 aromatic heterocycles. The Balaban J connectivity index is 0.00000128. The molecule has 0 radical (unpaired) electrons. The van der Waals surface area contributed by atoms with E-state index in [1.54, 1.807) is 19.5 Å². The summed E-state index contributed by atoms with van der Waals surface area (Å²) in [5.41, 5.74) is 1.66. The number of benzene rings is 1. The Hall–Kier alpha value is -1.54. The minimum absolute atomic E-state index is 0. The Morgan fingerprint density at radius 3 is 2.59 bits per heavy atom. The van der Waals surface area contributed by atoms with Gasteiger partial charge in [-0.25, -0.2) is 0 Å². The summed E-state index contributed by atoms with van der Waals surface area (Å²) < 4.78 is 5.18. The van der Waals surface area contributed by atoms with Crippen molar-refractivity contribution in [3.63, 3.8) is 0 Å². The van der Waals surface area contributed by atoms with E-state index in [-0.39, 0.29) is 23.9 Å². The fraction of sp³-hybridized carbons (Fsp3) is 0.0769. The fourth-order valence-corrected chi connectivity index (χ4v) is 1.26. The summed E-state index contributed by atoms with van der Waals surface area (Å²) in [7, 11) is 1.63. The Labute approximate surface area is 112 Å². The number of aromatic nitrogens is 1. The van der Waals surface area contributed by atoms with Gasteiger partial charge in [-0.1, -0.05) is 24.3 Å². The first kappa shape index (κ1) is 15.5. The Kier molecular flexibility index (Phi) is 7.00. The van der Waals surface area contributed by atoms with Crippen LogP contribution in [0.3, 0.4) is 0 Å². The summed E-state index contributed by atoms with van der Waals surface area (Å²) >= 11 is 0. The van der Waals surface area contributed by atoms with Crippen molar-refractivity contribution >= 4 is 11.9 Å². The molecule has 3 nitrogen and oxygen atoms in total. The molecule has 0 spiro atoms. The SMILES string of the molecule is COc1ccccc1N=Cc1ccc[n-]1.[CH3-].[Ni+2]. The van der Waals surface area contributed by atoms with E-state index in [0.29, 0.717) is 0 Å². The molecule has 2 rings (SSSR count). The van der Waals surface area contributed by atoms with E-state index < -0.39 is 0 Å². The van der Waals surface area contributed by atoms with E-state index in [1.165, 1.54) is 0 Å². The molecule has 0 N–H and O–H groups in total. The maximum absolute atomic E-state index is 5.18. The van der Waals surface area contributed by atoms with Gasteiger partial charge < -0.3 is 17.1 Å². The number of hydrogen-bond acceptors (Lipinski definition) is 2. The third kappa shape index (κ3) is 4.08. The van der Waals surface area contributed by atoms with Gasteiger partial charge in [0.15, 0.2) is 0 Å². The number of nitrogens with zero attached hydrogens (tertiary/aromatic N) is 2. The quantitative estimate of drug-likeness (QED) is 0.489. The van der Waals surface area contributed by atoms with Crippen LogP contribution in [-0.4, -0.2) is 13.3 Å². The number of ether oxygens (including phenoxy) is 1. The monoisotopic (exact) mass is 272 g/mol. The van der Waals surface area contributed by atoms with Gasteiger partial charge in [-0.15, -0.1) is 5.69 Å². The van der Waals surface area contributed by atoms with E-state index in [0.717, 1.165) is 17.1 Å². The van der Waals surface area contributed by atoms with Gasteiger partial charge in [0.05, 0.1) is 7.11 Å². The van der Waals surface area contributed by atoms with Crippen LogP contribution in [0.25, 0.3) is 0 Å². The van der Waals surface area contributed by atoms with Gasteiger partial charge in [0.2, 0.25) is 0 Å². The Morgan fingerprint density at radius 2 is 1.94 bits per heavy atom. The average molecular weight is 273 g/mol. The molecule has 0 saturated carbocycles. The van der Waals surface area contributed by atoms with Crippen molar-refractivity contribution in [1.29, 1.82) is 0 Å². The van der Waals surface area contributed by atoms with E-state index in [2.05, 4.69) is 9.98 Å². The zero-order chi connectivity index (χ0) is 10.5. The van der Waals surface area contributed by atoms with E-state index >= 15 is 0 Å². The topological polar surface area (TPSA) is 35.7 Å². The van der Waals surface area contributed by atoms with Gasteiger partial charge in [0.25, 0.3) is 0 Å². The summed E-state index contributed by atoms with van der Waals surface area (Å²) in [4.78, 5) is 8.40. The van der Waals surface area contributed by atoms with Crippen molar-refractivity contribution in [3.05, 3.63) is 55.7 Å². The van der Waals surface area contributed by atoms with Crippen LogP contribution in [-0.2, 0) is 16.5 Å². The molecular weight excluding hydrogens is 259 g/mol. The van der Waals surface area contributed by atoms with Gasteiger partial charge in [-0.05, 0) is 12.1 Å². The molecule has 4 heteroatoms. The van der Waals surface area contributed by atoms with Crippen LogP contribution in [0.1, 0.15) is 5.69 Å². The Bertz CT molecular complexity index is 452. The normalized spacial score (nSPS) is 9.47. The number of rotatable bonds is 3. The molecule has 0 saturated heterocycles. The first-order chi connectivity index (χ1) is 7.40. The van der Waals surface area contributed by atoms with E-state index in [1.807, 2.05) is 36.4 Å². The molecule has 0 amide bonds. The van der Waals surface area contributed by atoms with Crippen LogP contribution < -0.4 is 9.72 Å². The molecule has 0 bridgehead atoms. The number of methoxy groups -OCH3 is 1. The van der Waals surface area contributed by atoms with Crippen LogP contribution in [0, 0.1) is 7.43 Å². The zero-order valence-corrected chi connectivity index (χ0v) is 10.7. The van der Waals surface area contributed by atoms with Crippen LogP contribution in [0.15, 0.2) is 47.6 Å². The van der Waals surface area contributed by atoms with Gasteiger partial charge in [0.1, 0.15) is 11.4 Å². The second-order valence-corrected chi connectivity index (χ2v) is 2.99. The summed E-state index contributed by atoms with van der Waals surface area (Å²) in [5, 5.41) is 0. The molecule has 2 aromatic rings. The van der Waals surface area contributed by atoms with Crippen LogP contribution in [0.2, 0.25) is 0 Å². The van der Waals surface area contributed by atoms with Gasteiger partial charge in [-0.3, -0.25) is 4.99 Å². The number of hydrogen-bond donors (Lipinski definition) is 0. The third-order valence-electron chi connectivity index (χ3n) is 2.00. The van der Waals surface area contributed by atoms with Crippen LogP contribution in [0.5, 0.6) is 5.75 Å². The molecule has 1 aromatic carbocycles. The maximum atomic E-state index is 5.18. The van der Waals surface area contributed by atoms with Crippen LogP contribution >= 0.6 is 0 Å². The predicted molar refractivity (Wildman–Crippen MR) is 66.4 cm³/mol. The first-order valence-electron chi connectivity index (χ1n) is 4.65. The summed E-state index contributed by atoms with van der Waals surface area (Å²) in [6, 6.07) is 11.4. The molecule has 92 valence electrons. The van der Waals surface area contributed by atoms with Crippen molar-refractivity contribution in [1.82, 2.24) is 4.98 Å². The second-order valence-electron chi connectivity index (χ2n) is 2.99. The summed E-state index contributed by atoms with van der Waals surface area (Å²) in [5.74, 6) is 0.764. The average Bonchev–Trinajstić information content (AvgIpc) is 2.79. The number of aliphatic imine (C=N–C) groups is 1. The van der Waals surface area contributed by atoms with Gasteiger partial charge >= 0.3 is 16.5 Å². The number of para-hydroxylation sites is 2. The summed E-state index contributed by atoms with van der Waals surface area (Å²) in [6.07, 6.45) is 3.46. The minimum Gasteiger partial charge on any atom is -0.663 e. The van der Waals surface area contributed by atoms with Crippen molar-refractivity contribution in [3.8, 4) is 5.75 Å². The van der Waals surface area contributed by atoms with Crippen molar-refractivity contribution in [2.24, 2.45) is 4.99 Å². The molecule has 0 aliphatic heterocycles. The Morgan fingerprint density at radius 1 is 1.18 bits per heavy atom.